The summed E-state index contributed by atoms with van der Waals surface area (Å²) in [4.78, 5) is 13.5. The number of carbonyl (C=O) groups excluding carboxylic acids is 1. The zero-order chi connectivity index (χ0) is 9.97. The molecule has 0 atom stereocenters. The molecule has 1 aliphatic rings. The molecule has 4 heteroatoms. The van der Waals surface area contributed by atoms with Crippen molar-refractivity contribution in [3.63, 3.8) is 0 Å². The van der Waals surface area contributed by atoms with E-state index in [9.17, 15) is 4.79 Å². The van der Waals surface area contributed by atoms with Crippen LogP contribution in [0.1, 0.15) is 10.4 Å². The second kappa shape index (κ2) is 4.11. The van der Waals surface area contributed by atoms with Crippen LogP contribution < -0.4 is 0 Å². The van der Waals surface area contributed by atoms with Crippen molar-refractivity contribution >= 4 is 21.8 Å². The molecule has 0 bridgehead atoms. The van der Waals surface area contributed by atoms with Gasteiger partial charge in [-0.05, 0) is 18.2 Å². The quantitative estimate of drug-likeness (QED) is 0.767. The lowest BCUT2D eigenvalue weighted by atomic mass is 10.2. The molecular formula is C10H10BrNO2. The van der Waals surface area contributed by atoms with Gasteiger partial charge in [0.2, 0.25) is 0 Å². The van der Waals surface area contributed by atoms with Gasteiger partial charge in [-0.15, -0.1) is 0 Å². The number of rotatable bonds is 1. The van der Waals surface area contributed by atoms with Crippen molar-refractivity contribution in [2.24, 2.45) is 0 Å². The van der Waals surface area contributed by atoms with Gasteiger partial charge in [0.15, 0.2) is 0 Å². The summed E-state index contributed by atoms with van der Waals surface area (Å²) < 4.78 is 6.04. The van der Waals surface area contributed by atoms with E-state index in [1.165, 1.54) is 0 Å². The number of hydrogen-bond donors (Lipinski definition) is 0. The fraction of sp³-hybridized carbons (Fsp3) is 0.300. The number of nitrogens with zero attached hydrogens (tertiary/aromatic N) is 1. The fourth-order valence-electron chi connectivity index (χ4n) is 1.38. The van der Waals surface area contributed by atoms with Crippen LogP contribution in [-0.4, -0.2) is 30.7 Å². The summed E-state index contributed by atoms with van der Waals surface area (Å²) >= 11 is 3.34. The molecule has 1 aromatic rings. The highest BCUT2D eigenvalue weighted by atomic mass is 79.9. The molecule has 0 aliphatic carbocycles. The van der Waals surface area contributed by atoms with E-state index in [1.54, 1.807) is 4.90 Å². The Morgan fingerprint density at radius 2 is 2.36 bits per heavy atom. The molecule has 0 spiro atoms. The molecule has 1 aliphatic heterocycles. The van der Waals surface area contributed by atoms with Crippen molar-refractivity contribution in [3.8, 4) is 0 Å². The number of benzene rings is 1. The molecule has 3 nitrogen and oxygen atoms in total. The highest BCUT2D eigenvalue weighted by Gasteiger charge is 2.19. The molecule has 74 valence electrons. The highest BCUT2D eigenvalue weighted by molar-refractivity contribution is 9.10. The van der Waals surface area contributed by atoms with Crippen molar-refractivity contribution in [2.45, 2.75) is 0 Å². The third kappa shape index (κ3) is 1.96. The molecule has 1 heterocycles. The summed E-state index contributed by atoms with van der Waals surface area (Å²) in [7, 11) is 0. The summed E-state index contributed by atoms with van der Waals surface area (Å²) in [6, 6.07) is 7.39. The van der Waals surface area contributed by atoms with Crippen LogP contribution in [0, 0.1) is 0 Å². The number of amides is 1. The van der Waals surface area contributed by atoms with Gasteiger partial charge in [-0.2, -0.15) is 0 Å². The summed E-state index contributed by atoms with van der Waals surface area (Å²) in [6.45, 7) is 1.73. The Morgan fingerprint density at radius 3 is 3.00 bits per heavy atom. The molecular weight excluding hydrogens is 246 g/mol. The average molecular weight is 256 g/mol. The van der Waals surface area contributed by atoms with E-state index in [-0.39, 0.29) is 5.91 Å². The molecule has 0 saturated carbocycles. The SMILES string of the molecule is O=C(c1cccc(Br)c1)N1CCOC1. The first kappa shape index (κ1) is 9.68. The Balaban J connectivity index is 2.17. The minimum Gasteiger partial charge on any atom is -0.359 e. The molecule has 0 radical (unpaired) electrons. The van der Waals surface area contributed by atoms with Gasteiger partial charge >= 0.3 is 0 Å². The van der Waals surface area contributed by atoms with Crippen LogP contribution >= 0.6 is 15.9 Å². The van der Waals surface area contributed by atoms with E-state index < -0.39 is 0 Å². The zero-order valence-corrected chi connectivity index (χ0v) is 9.16. The maximum Gasteiger partial charge on any atom is 0.255 e. The molecule has 1 aromatic carbocycles. The first-order valence-corrected chi connectivity index (χ1v) is 5.19. The molecule has 0 N–H and O–H groups in total. The highest BCUT2D eigenvalue weighted by Crippen LogP contribution is 2.14. The minimum atomic E-state index is 0.0313. The summed E-state index contributed by atoms with van der Waals surface area (Å²) in [5, 5.41) is 0. The molecule has 1 amide bonds. The lowest BCUT2D eigenvalue weighted by Crippen LogP contribution is -2.28. The maximum absolute atomic E-state index is 11.8. The van der Waals surface area contributed by atoms with Crippen molar-refractivity contribution in [1.29, 1.82) is 0 Å². The number of ether oxygens (including phenoxy) is 1. The van der Waals surface area contributed by atoms with Gasteiger partial charge in [-0.3, -0.25) is 4.79 Å². The Bertz CT molecular complexity index is 348. The standard InChI is InChI=1S/C10H10BrNO2/c11-9-3-1-2-8(6-9)10(13)12-4-5-14-7-12/h1-3,6H,4-5,7H2. The number of halogens is 1. The molecule has 14 heavy (non-hydrogen) atoms. The van der Waals surface area contributed by atoms with E-state index in [1.807, 2.05) is 24.3 Å². The third-order valence-corrected chi connectivity index (χ3v) is 2.60. The monoisotopic (exact) mass is 255 g/mol. The maximum atomic E-state index is 11.8. The van der Waals surface area contributed by atoms with Gasteiger partial charge in [-0.1, -0.05) is 22.0 Å². The Labute approximate surface area is 90.8 Å². The second-order valence-electron chi connectivity index (χ2n) is 3.12. The van der Waals surface area contributed by atoms with Crippen molar-refractivity contribution in [1.82, 2.24) is 4.90 Å². The Hall–Kier alpha value is -0.870. The largest absolute Gasteiger partial charge is 0.359 e. The molecule has 2 rings (SSSR count). The summed E-state index contributed by atoms with van der Waals surface area (Å²) in [5.74, 6) is 0.0313. The van der Waals surface area contributed by atoms with Gasteiger partial charge < -0.3 is 9.64 Å². The molecule has 1 fully saturated rings. The smallest absolute Gasteiger partial charge is 0.255 e. The number of hydrogen-bond acceptors (Lipinski definition) is 2. The van der Waals surface area contributed by atoms with E-state index in [2.05, 4.69) is 15.9 Å². The van der Waals surface area contributed by atoms with Gasteiger partial charge in [0.05, 0.1) is 6.61 Å². The lowest BCUT2D eigenvalue weighted by Gasteiger charge is -2.13. The minimum absolute atomic E-state index is 0.0313. The Morgan fingerprint density at radius 1 is 1.50 bits per heavy atom. The van der Waals surface area contributed by atoms with Gasteiger partial charge in [-0.25, -0.2) is 0 Å². The van der Waals surface area contributed by atoms with Crippen molar-refractivity contribution < 1.29 is 9.53 Å². The van der Waals surface area contributed by atoms with Crippen LogP contribution in [0.4, 0.5) is 0 Å². The Kier molecular flexibility index (Phi) is 2.84. The second-order valence-corrected chi connectivity index (χ2v) is 4.03. The van der Waals surface area contributed by atoms with Gasteiger partial charge in [0, 0.05) is 16.6 Å². The van der Waals surface area contributed by atoms with Gasteiger partial charge in [0.1, 0.15) is 6.73 Å². The number of carbonyl (C=O) groups is 1. The molecule has 0 unspecified atom stereocenters. The normalized spacial score (nSPS) is 15.9. The predicted octanol–water partition coefficient (Wildman–Crippen LogP) is 1.88. The van der Waals surface area contributed by atoms with Crippen LogP contribution in [-0.2, 0) is 4.74 Å². The van der Waals surface area contributed by atoms with Crippen LogP contribution in [0.3, 0.4) is 0 Å². The first-order valence-electron chi connectivity index (χ1n) is 4.40. The van der Waals surface area contributed by atoms with E-state index in [0.29, 0.717) is 25.4 Å². The fourth-order valence-corrected chi connectivity index (χ4v) is 1.78. The van der Waals surface area contributed by atoms with Crippen LogP contribution in [0.2, 0.25) is 0 Å². The molecule has 0 aromatic heterocycles. The van der Waals surface area contributed by atoms with E-state index in [4.69, 9.17) is 4.74 Å². The topological polar surface area (TPSA) is 29.5 Å². The van der Waals surface area contributed by atoms with Crippen molar-refractivity contribution in [2.75, 3.05) is 19.9 Å². The van der Waals surface area contributed by atoms with Crippen LogP contribution in [0.5, 0.6) is 0 Å². The van der Waals surface area contributed by atoms with E-state index in [0.717, 1.165) is 4.47 Å². The van der Waals surface area contributed by atoms with Crippen LogP contribution in [0.15, 0.2) is 28.7 Å². The summed E-state index contributed by atoms with van der Waals surface area (Å²) in [5.41, 5.74) is 0.699. The third-order valence-electron chi connectivity index (χ3n) is 2.11. The lowest BCUT2D eigenvalue weighted by molar-refractivity contribution is 0.0695. The average Bonchev–Trinajstić information content (AvgIpc) is 2.69. The van der Waals surface area contributed by atoms with E-state index >= 15 is 0 Å². The van der Waals surface area contributed by atoms with Crippen molar-refractivity contribution in [3.05, 3.63) is 34.3 Å². The molecule has 1 saturated heterocycles. The summed E-state index contributed by atoms with van der Waals surface area (Å²) in [6.07, 6.45) is 0. The predicted molar refractivity (Wildman–Crippen MR) is 56.0 cm³/mol. The van der Waals surface area contributed by atoms with Crippen LogP contribution in [0.25, 0.3) is 0 Å². The van der Waals surface area contributed by atoms with Gasteiger partial charge in [0.25, 0.3) is 5.91 Å². The zero-order valence-electron chi connectivity index (χ0n) is 7.57. The first-order chi connectivity index (χ1) is 6.77.